The fourth-order valence-electron chi connectivity index (χ4n) is 4.85. The minimum absolute atomic E-state index is 0.183. The Morgan fingerprint density at radius 1 is 1.32 bits per heavy atom. The number of carboxylic acid groups (broad SMARTS) is 1. The molecule has 3 saturated heterocycles. The molecule has 4 rings (SSSR count). The molecule has 0 spiro atoms. The SMILES string of the molecule is Cc1nc(CN2C[C@H]3CN(C4CCOCC4)C[C@@]3(C(=O)O)C2)n(C)n1. The topological polar surface area (TPSA) is 83.7 Å². The molecular formula is C17H27N5O3. The average molecular weight is 349 g/mol. The molecule has 138 valence electrons. The fraction of sp³-hybridized carbons (Fsp3) is 0.824. The molecule has 3 fully saturated rings. The molecule has 0 unspecified atom stereocenters. The van der Waals surface area contributed by atoms with Crippen molar-refractivity contribution in [1.29, 1.82) is 0 Å². The first-order valence-electron chi connectivity index (χ1n) is 9.12. The Kier molecular flexibility index (Phi) is 4.29. The van der Waals surface area contributed by atoms with E-state index in [0.717, 1.165) is 50.8 Å². The number of hydrogen-bond acceptors (Lipinski definition) is 6. The van der Waals surface area contributed by atoms with Crippen LogP contribution in [0.5, 0.6) is 0 Å². The summed E-state index contributed by atoms with van der Waals surface area (Å²) in [6, 6.07) is 0.477. The molecule has 25 heavy (non-hydrogen) atoms. The van der Waals surface area contributed by atoms with Gasteiger partial charge in [0.05, 0.1) is 12.0 Å². The fourth-order valence-corrected chi connectivity index (χ4v) is 4.85. The molecule has 3 aliphatic heterocycles. The zero-order chi connectivity index (χ0) is 17.6. The van der Waals surface area contributed by atoms with E-state index < -0.39 is 11.4 Å². The van der Waals surface area contributed by atoms with E-state index in [1.807, 2.05) is 14.0 Å². The molecule has 0 aromatic carbocycles. The number of nitrogens with zero attached hydrogens (tertiary/aromatic N) is 5. The third kappa shape index (κ3) is 2.96. The lowest BCUT2D eigenvalue weighted by atomic mass is 9.81. The van der Waals surface area contributed by atoms with Crippen molar-refractivity contribution < 1.29 is 14.6 Å². The van der Waals surface area contributed by atoms with Gasteiger partial charge in [0.1, 0.15) is 11.6 Å². The number of likely N-dealkylation sites (tertiary alicyclic amines) is 2. The number of rotatable bonds is 4. The summed E-state index contributed by atoms with van der Waals surface area (Å²) in [6.45, 7) is 7.09. The van der Waals surface area contributed by atoms with Gasteiger partial charge in [0.2, 0.25) is 0 Å². The van der Waals surface area contributed by atoms with Gasteiger partial charge in [-0.2, -0.15) is 5.10 Å². The lowest BCUT2D eigenvalue weighted by Gasteiger charge is -2.33. The van der Waals surface area contributed by atoms with E-state index in [2.05, 4.69) is 19.9 Å². The van der Waals surface area contributed by atoms with Gasteiger partial charge in [-0.25, -0.2) is 4.98 Å². The lowest BCUT2D eigenvalue weighted by Crippen LogP contribution is -2.44. The van der Waals surface area contributed by atoms with Crippen LogP contribution in [0.15, 0.2) is 0 Å². The number of carbonyl (C=O) groups is 1. The van der Waals surface area contributed by atoms with E-state index in [4.69, 9.17) is 4.74 Å². The Bertz CT molecular complexity index is 657. The number of aromatic nitrogens is 3. The highest BCUT2D eigenvalue weighted by atomic mass is 16.5. The van der Waals surface area contributed by atoms with Gasteiger partial charge < -0.3 is 9.84 Å². The molecule has 2 atom stereocenters. The zero-order valence-electron chi connectivity index (χ0n) is 15.0. The van der Waals surface area contributed by atoms with Crippen LogP contribution < -0.4 is 0 Å². The van der Waals surface area contributed by atoms with Crippen LogP contribution >= 0.6 is 0 Å². The van der Waals surface area contributed by atoms with Crippen LogP contribution in [-0.2, 0) is 23.1 Å². The molecule has 0 radical (unpaired) electrons. The Morgan fingerprint density at radius 3 is 2.68 bits per heavy atom. The molecule has 8 heteroatoms. The first-order valence-corrected chi connectivity index (χ1v) is 9.12. The van der Waals surface area contributed by atoms with E-state index in [0.29, 0.717) is 25.7 Å². The minimum Gasteiger partial charge on any atom is -0.481 e. The quantitative estimate of drug-likeness (QED) is 0.827. The average Bonchev–Trinajstić information content (AvgIpc) is 3.19. The second-order valence-corrected chi connectivity index (χ2v) is 7.80. The molecule has 8 nitrogen and oxygen atoms in total. The third-order valence-electron chi connectivity index (χ3n) is 6.16. The molecule has 1 N–H and O–H groups in total. The van der Waals surface area contributed by atoms with Crippen LogP contribution in [0.25, 0.3) is 0 Å². The Balaban J connectivity index is 1.47. The van der Waals surface area contributed by atoms with Gasteiger partial charge in [0.15, 0.2) is 0 Å². The minimum atomic E-state index is -0.649. The first-order chi connectivity index (χ1) is 12.0. The normalized spacial score (nSPS) is 31.5. The van der Waals surface area contributed by atoms with E-state index in [1.165, 1.54) is 0 Å². The van der Waals surface area contributed by atoms with Crippen LogP contribution in [0.2, 0.25) is 0 Å². The highest BCUT2D eigenvalue weighted by Gasteiger charge is 2.58. The van der Waals surface area contributed by atoms with Gasteiger partial charge >= 0.3 is 5.97 Å². The number of fused-ring (bicyclic) bond motifs is 1. The highest BCUT2D eigenvalue weighted by Crippen LogP contribution is 2.44. The summed E-state index contributed by atoms with van der Waals surface area (Å²) in [5, 5.41) is 14.3. The van der Waals surface area contributed by atoms with Gasteiger partial charge in [-0.1, -0.05) is 0 Å². The number of aryl methyl sites for hydroxylation is 2. The largest absolute Gasteiger partial charge is 0.481 e. The summed E-state index contributed by atoms with van der Waals surface area (Å²) < 4.78 is 7.25. The summed E-state index contributed by atoms with van der Waals surface area (Å²) in [5.74, 6) is 1.20. The Hall–Kier alpha value is -1.51. The summed E-state index contributed by atoms with van der Waals surface area (Å²) >= 11 is 0. The van der Waals surface area contributed by atoms with E-state index in [1.54, 1.807) is 4.68 Å². The smallest absolute Gasteiger partial charge is 0.312 e. The third-order valence-corrected chi connectivity index (χ3v) is 6.16. The molecule has 1 aromatic heterocycles. The Labute approximate surface area is 147 Å². The number of carboxylic acids is 1. The maximum Gasteiger partial charge on any atom is 0.312 e. The van der Waals surface area contributed by atoms with E-state index in [9.17, 15) is 9.90 Å². The van der Waals surface area contributed by atoms with Crippen molar-refractivity contribution in [3.05, 3.63) is 11.6 Å². The standard InChI is InChI=1S/C17H27N5O3/c1-12-18-15(20(2)19-12)9-21-7-13-8-22(14-3-5-25-6-4-14)11-17(13,10-21)16(23)24/h13-14H,3-11H2,1-2H3,(H,23,24)/t13-,17-/m0/s1. The predicted octanol–water partition coefficient (Wildman–Crippen LogP) is 0.121. The molecule has 4 heterocycles. The van der Waals surface area contributed by atoms with Crippen LogP contribution in [0, 0.1) is 18.3 Å². The summed E-state index contributed by atoms with van der Waals surface area (Å²) in [7, 11) is 1.89. The number of ether oxygens (including phenoxy) is 1. The molecule has 3 aliphatic rings. The molecule has 0 saturated carbocycles. The van der Waals surface area contributed by atoms with Crippen molar-refractivity contribution in [2.75, 3.05) is 39.4 Å². The van der Waals surface area contributed by atoms with Crippen molar-refractivity contribution in [2.24, 2.45) is 18.4 Å². The van der Waals surface area contributed by atoms with Gasteiger partial charge in [0.25, 0.3) is 0 Å². The number of hydrogen-bond donors (Lipinski definition) is 1. The maximum atomic E-state index is 12.2. The summed E-state index contributed by atoms with van der Waals surface area (Å²) in [6.07, 6.45) is 2.04. The monoisotopic (exact) mass is 349 g/mol. The van der Waals surface area contributed by atoms with E-state index in [-0.39, 0.29) is 5.92 Å². The van der Waals surface area contributed by atoms with Gasteiger partial charge in [-0.15, -0.1) is 0 Å². The van der Waals surface area contributed by atoms with Crippen LogP contribution in [0.1, 0.15) is 24.5 Å². The predicted molar refractivity (Wildman–Crippen MR) is 90.0 cm³/mol. The zero-order valence-corrected chi connectivity index (χ0v) is 15.0. The second-order valence-electron chi connectivity index (χ2n) is 7.80. The van der Waals surface area contributed by atoms with E-state index >= 15 is 0 Å². The van der Waals surface area contributed by atoms with Crippen molar-refractivity contribution >= 4 is 5.97 Å². The number of aliphatic carboxylic acids is 1. The highest BCUT2D eigenvalue weighted by molar-refractivity contribution is 5.77. The second kappa shape index (κ2) is 6.34. The summed E-state index contributed by atoms with van der Waals surface area (Å²) in [4.78, 5) is 21.3. The lowest BCUT2D eigenvalue weighted by molar-refractivity contribution is -0.149. The molecular weight excluding hydrogens is 322 g/mol. The first kappa shape index (κ1) is 16.9. The molecule has 0 amide bonds. The molecule has 1 aromatic rings. The van der Waals surface area contributed by atoms with Gasteiger partial charge in [0, 0.05) is 58.4 Å². The summed E-state index contributed by atoms with van der Waals surface area (Å²) in [5.41, 5.74) is -0.647. The van der Waals surface area contributed by atoms with Crippen LogP contribution in [0.4, 0.5) is 0 Å². The maximum absolute atomic E-state index is 12.2. The van der Waals surface area contributed by atoms with Gasteiger partial charge in [-0.3, -0.25) is 19.3 Å². The Morgan fingerprint density at radius 2 is 2.08 bits per heavy atom. The van der Waals surface area contributed by atoms with Crippen molar-refractivity contribution in [3.63, 3.8) is 0 Å². The van der Waals surface area contributed by atoms with Crippen molar-refractivity contribution in [3.8, 4) is 0 Å². The van der Waals surface area contributed by atoms with Gasteiger partial charge in [-0.05, 0) is 19.8 Å². The van der Waals surface area contributed by atoms with Crippen molar-refractivity contribution in [1.82, 2.24) is 24.6 Å². The van der Waals surface area contributed by atoms with Crippen LogP contribution in [-0.4, -0.2) is 81.1 Å². The molecule has 0 aliphatic carbocycles. The van der Waals surface area contributed by atoms with Crippen LogP contribution in [0.3, 0.4) is 0 Å². The van der Waals surface area contributed by atoms with Crippen molar-refractivity contribution in [2.45, 2.75) is 32.4 Å². The molecule has 0 bridgehead atoms.